The fourth-order valence-corrected chi connectivity index (χ4v) is 2.27. The van der Waals surface area contributed by atoms with E-state index in [1.807, 2.05) is 0 Å². The van der Waals surface area contributed by atoms with Crippen LogP contribution in [0.3, 0.4) is 0 Å². The van der Waals surface area contributed by atoms with Crippen molar-refractivity contribution in [1.29, 1.82) is 0 Å². The van der Waals surface area contributed by atoms with E-state index < -0.39 is 5.82 Å². The summed E-state index contributed by atoms with van der Waals surface area (Å²) in [5.74, 6) is -0.692. The number of rotatable bonds is 3. The van der Waals surface area contributed by atoms with E-state index in [2.05, 4.69) is 15.9 Å². The number of ketones is 1. The SMILES string of the molecule is Nc1ccc(C(=O)Cc2c(F)cccc2Cl)cc1Br. The molecule has 0 unspecified atom stereocenters. The lowest BCUT2D eigenvalue weighted by Gasteiger charge is -2.06. The summed E-state index contributed by atoms with van der Waals surface area (Å²) < 4.78 is 14.2. The third-order valence-electron chi connectivity index (χ3n) is 2.72. The summed E-state index contributed by atoms with van der Waals surface area (Å²) in [7, 11) is 0. The van der Waals surface area contributed by atoms with E-state index in [0.717, 1.165) is 0 Å². The summed E-state index contributed by atoms with van der Waals surface area (Å²) in [6, 6.07) is 9.20. The number of halogens is 3. The van der Waals surface area contributed by atoms with Crippen molar-refractivity contribution in [3.63, 3.8) is 0 Å². The van der Waals surface area contributed by atoms with Crippen LogP contribution in [-0.2, 0) is 6.42 Å². The molecule has 2 aromatic rings. The van der Waals surface area contributed by atoms with Gasteiger partial charge in [0.2, 0.25) is 0 Å². The maximum Gasteiger partial charge on any atom is 0.167 e. The molecule has 0 saturated carbocycles. The number of carbonyl (C=O) groups is 1. The summed E-state index contributed by atoms with van der Waals surface area (Å²) in [5, 5.41) is 0.253. The first-order chi connectivity index (χ1) is 8.99. The van der Waals surface area contributed by atoms with Gasteiger partial charge in [-0.05, 0) is 46.3 Å². The maximum atomic E-state index is 13.6. The summed E-state index contributed by atoms with van der Waals surface area (Å²) in [4.78, 5) is 12.1. The van der Waals surface area contributed by atoms with Crippen molar-refractivity contribution < 1.29 is 9.18 Å². The fraction of sp³-hybridized carbons (Fsp3) is 0.0714. The molecular formula is C14H10BrClFNO. The Labute approximate surface area is 123 Å². The topological polar surface area (TPSA) is 43.1 Å². The summed E-state index contributed by atoms with van der Waals surface area (Å²) in [6.07, 6.45) is -0.0815. The van der Waals surface area contributed by atoms with Crippen molar-refractivity contribution in [3.05, 3.63) is 62.8 Å². The second-order valence-electron chi connectivity index (χ2n) is 4.04. The number of carbonyl (C=O) groups excluding carboxylic acids is 1. The smallest absolute Gasteiger partial charge is 0.167 e. The van der Waals surface area contributed by atoms with E-state index in [0.29, 0.717) is 15.7 Å². The van der Waals surface area contributed by atoms with Gasteiger partial charge in [0.25, 0.3) is 0 Å². The highest BCUT2D eigenvalue weighted by molar-refractivity contribution is 9.10. The molecule has 0 aliphatic rings. The Morgan fingerprint density at radius 3 is 2.68 bits per heavy atom. The molecule has 0 amide bonds. The second kappa shape index (κ2) is 5.72. The van der Waals surface area contributed by atoms with Gasteiger partial charge in [-0.3, -0.25) is 4.79 Å². The van der Waals surface area contributed by atoms with Crippen molar-refractivity contribution in [2.45, 2.75) is 6.42 Å². The Balaban J connectivity index is 2.28. The van der Waals surface area contributed by atoms with Crippen LogP contribution >= 0.6 is 27.5 Å². The minimum atomic E-state index is -0.477. The molecule has 0 aliphatic heterocycles. The Hall–Kier alpha value is -1.39. The highest BCUT2D eigenvalue weighted by Crippen LogP contribution is 2.24. The lowest BCUT2D eigenvalue weighted by molar-refractivity contribution is 0.0992. The minimum absolute atomic E-state index is 0.0815. The van der Waals surface area contributed by atoms with Gasteiger partial charge in [0, 0.05) is 32.7 Å². The quantitative estimate of drug-likeness (QED) is 0.669. The molecule has 0 fully saturated rings. The van der Waals surface area contributed by atoms with Gasteiger partial charge in [0.1, 0.15) is 5.82 Å². The van der Waals surface area contributed by atoms with Gasteiger partial charge >= 0.3 is 0 Å². The molecular weight excluding hydrogens is 333 g/mol. The van der Waals surface area contributed by atoms with E-state index in [1.165, 1.54) is 12.1 Å². The fourth-order valence-electron chi connectivity index (χ4n) is 1.66. The highest BCUT2D eigenvalue weighted by Gasteiger charge is 2.14. The van der Waals surface area contributed by atoms with E-state index in [4.69, 9.17) is 17.3 Å². The molecule has 0 aromatic heterocycles. The number of hydrogen-bond donors (Lipinski definition) is 1. The standard InChI is InChI=1S/C14H10BrClFNO/c15-10-6-8(4-5-13(10)18)14(19)7-9-11(16)2-1-3-12(9)17/h1-6H,7,18H2. The van der Waals surface area contributed by atoms with E-state index in [-0.39, 0.29) is 22.8 Å². The number of Topliss-reactive ketones (excluding diaryl/α,β-unsaturated/α-hetero) is 1. The van der Waals surface area contributed by atoms with Gasteiger partial charge in [0.05, 0.1) is 0 Å². The third kappa shape index (κ3) is 3.14. The minimum Gasteiger partial charge on any atom is -0.398 e. The van der Waals surface area contributed by atoms with Gasteiger partial charge < -0.3 is 5.73 Å². The first-order valence-electron chi connectivity index (χ1n) is 5.50. The lowest BCUT2D eigenvalue weighted by Crippen LogP contribution is -2.06. The molecule has 0 heterocycles. The summed E-state index contributed by atoms with van der Waals surface area (Å²) in [5.41, 5.74) is 6.86. The zero-order valence-corrected chi connectivity index (χ0v) is 12.1. The van der Waals surface area contributed by atoms with Gasteiger partial charge in [-0.2, -0.15) is 0 Å². The average Bonchev–Trinajstić information content (AvgIpc) is 2.37. The summed E-state index contributed by atoms with van der Waals surface area (Å²) >= 11 is 9.15. The molecule has 2 rings (SSSR count). The molecule has 0 atom stereocenters. The van der Waals surface area contributed by atoms with E-state index >= 15 is 0 Å². The Bertz CT molecular complexity index is 625. The number of hydrogen-bond acceptors (Lipinski definition) is 2. The van der Waals surface area contributed by atoms with Crippen LogP contribution in [0.5, 0.6) is 0 Å². The third-order valence-corrected chi connectivity index (χ3v) is 3.76. The van der Waals surface area contributed by atoms with Crippen LogP contribution < -0.4 is 5.73 Å². The molecule has 0 saturated heterocycles. The van der Waals surface area contributed by atoms with Crippen LogP contribution in [0.1, 0.15) is 15.9 Å². The normalized spacial score (nSPS) is 10.5. The van der Waals surface area contributed by atoms with Crippen molar-refractivity contribution in [1.82, 2.24) is 0 Å². The van der Waals surface area contributed by atoms with Crippen LogP contribution in [0.2, 0.25) is 5.02 Å². The predicted octanol–water partition coefficient (Wildman–Crippen LogP) is 4.25. The zero-order chi connectivity index (χ0) is 14.0. The van der Waals surface area contributed by atoms with Gasteiger partial charge in [-0.1, -0.05) is 17.7 Å². The zero-order valence-electron chi connectivity index (χ0n) is 9.79. The molecule has 0 radical (unpaired) electrons. The van der Waals surface area contributed by atoms with E-state index in [1.54, 1.807) is 24.3 Å². The van der Waals surface area contributed by atoms with E-state index in [9.17, 15) is 9.18 Å². The van der Waals surface area contributed by atoms with Crippen LogP contribution in [0.4, 0.5) is 10.1 Å². The predicted molar refractivity (Wildman–Crippen MR) is 78.0 cm³/mol. The van der Waals surface area contributed by atoms with Crippen LogP contribution in [-0.4, -0.2) is 5.78 Å². The molecule has 98 valence electrons. The number of anilines is 1. The first-order valence-corrected chi connectivity index (χ1v) is 6.67. The first kappa shape index (κ1) is 14.0. The molecule has 0 aliphatic carbocycles. The Morgan fingerprint density at radius 2 is 2.05 bits per heavy atom. The van der Waals surface area contributed by atoms with Gasteiger partial charge in [0.15, 0.2) is 5.78 Å². The second-order valence-corrected chi connectivity index (χ2v) is 5.30. The summed E-state index contributed by atoms with van der Waals surface area (Å²) in [6.45, 7) is 0. The molecule has 2 aromatic carbocycles. The monoisotopic (exact) mass is 341 g/mol. The lowest BCUT2D eigenvalue weighted by atomic mass is 10.0. The molecule has 5 heteroatoms. The average molecular weight is 343 g/mol. The molecule has 2 N–H and O–H groups in total. The number of nitrogens with two attached hydrogens (primary N) is 1. The van der Waals surface area contributed by atoms with Crippen molar-refractivity contribution >= 4 is 39.0 Å². The molecule has 0 spiro atoms. The molecule has 2 nitrogen and oxygen atoms in total. The van der Waals surface area contributed by atoms with Gasteiger partial charge in [-0.15, -0.1) is 0 Å². The highest BCUT2D eigenvalue weighted by atomic mass is 79.9. The number of nitrogen functional groups attached to an aromatic ring is 1. The Kier molecular flexibility index (Phi) is 4.22. The van der Waals surface area contributed by atoms with Gasteiger partial charge in [-0.25, -0.2) is 4.39 Å². The van der Waals surface area contributed by atoms with Crippen LogP contribution in [0.25, 0.3) is 0 Å². The molecule has 19 heavy (non-hydrogen) atoms. The Morgan fingerprint density at radius 1 is 1.32 bits per heavy atom. The maximum absolute atomic E-state index is 13.6. The van der Waals surface area contributed by atoms with Crippen LogP contribution in [0.15, 0.2) is 40.9 Å². The van der Waals surface area contributed by atoms with Crippen molar-refractivity contribution in [3.8, 4) is 0 Å². The number of benzene rings is 2. The molecule has 0 bridgehead atoms. The van der Waals surface area contributed by atoms with Crippen molar-refractivity contribution in [2.75, 3.05) is 5.73 Å². The van der Waals surface area contributed by atoms with Crippen LogP contribution in [0, 0.1) is 5.82 Å². The largest absolute Gasteiger partial charge is 0.398 e. The van der Waals surface area contributed by atoms with Crippen molar-refractivity contribution in [2.24, 2.45) is 0 Å².